The van der Waals surface area contributed by atoms with Crippen LogP contribution in [-0.2, 0) is 9.59 Å². The van der Waals surface area contributed by atoms with Gasteiger partial charge in [0.2, 0.25) is 11.8 Å². The molecular weight excluding hydrogens is 206 g/mol. The standard InChI is InChI=1S/C11H23N3O2/c1-5-7-11(4,12)10(16)14-8(3)9(15)13-6-2/h8H,5-7,12H2,1-4H3,(H,13,15)(H,14,16). The third-order valence-corrected chi connectivity index (χ3v) is 2.38. The van der Waals surface area contributed by atoms with Crippen LogP contribution in [0.3, 0.4) is 0 Å². The van der Waals surface area contributed by atoms with E-state index in [4.69, 9.17) is 5.73 Å². The second-order valence-electron chi connectivity index (χ2n) is 4.26. The Kier molecular flexibility index (Phi) is 6.03. The van der Waals surface area contributed by atoms with Crippen molar-refractivity contribution in [3.8, 4) is 0 Å². The molecule has 5 heteroatoms. The lowest BCUT2D eigenvalue weighted by Crippen LogP contribution is -2.56. The lowest BCUT2D eigenvalue weighted by atomic mass is 9.96. The highest BCUT2D eigenvalue weighted by molar-refractivity contribution is 5.91. The molecule has 0 heterocycles. The number of nitrogens with two attached hydrogens (primary N) is 1. The molecule has 0 aromatic heterocycles. The van der Waals surface area contributed by atoms with Gasteiger partial charge in [0.25, 0.3) is 0 Å². The first kappa shape index (κ1) is 14.9. The van der Waals surface area contributed by atoms with E-state index < -0.39 is 11.6 Å². The Morgan fingerprint density at radius 3 is 2.38 bits per heavy atom. The minimum Gasteiger partial charge on any atom is -0.355 e. The van der Waals surface area contributed by atoms with Gasteiger partial charge in [0, 0.05) is 6.54 Å². The van der Waals surface area contributed by atoms with Crippen LogP contribution in [0.2, 0.25) is 0 Å². The summed E-state index contributed by atoms with van der Waals surface area (Å²) in [6.07, 6.45) is 1.43. The van der Waals surface area contributed by atoms with Crippen molar-refractivity contribution in [3.05, 3.63) is 0 Å². The molecule has 4 N–H and O–H groups in total. The molecule has 94 valence electrons. The predicted molar refractivity (Wildman–Crippen MR) is 63.8 cm³/mol. The number of carbonyl (C=O) groups is 2. The van der Waals surface area contributed by atoms with E-state index >= 15 is 0 Å². The molecule has 2 amide bonds. The summed E-state index contributed by atoms with van der Waals surface area (Å²) in [7, 11) is 0. The van der Waals surface area contributed by atoms with Gasteiger partial charge in [-0.2, -0.15) is 0 Å². The molecule has 0 spiro atoms. The summed E-state index contributed by atoms with van der Waals surface area (Å²) in [6.45, 7) is 7.66. The van der Waals surface area contributed by atoms with Crippen molar-refractivity contribution in [2.24, 2.45) is 5.73 Å². The Hall–Kier alpha value is -1.10. The van der Waals surface area contributed by atoms with E-state index in [0.717, 1.165) is 6.42 Å². The smallest absolute Gasteiger partial charge is 0.242 e. The monoisotopic (exact) mass is 229 g/mol. The minimum absolute atomic E-state index is 0.192. The van der Waals surface area contributed by atoms with Crippen LogP contribution in [0.4, 0.5) is 0 Å². The van der Waals surface area contributed by atoms with Crippen LogP contribution in [0.25, 0.3) is 0 Å². The summed E-state index contributed by atoms with van der Waals surface area (Å²) < 4.78 is 0. The maximum absolute atomic E-state index is 11.8. The average molecular weight is 229 g/mol. The fraction of sp³-hybridized carbons (Fsp3) is 0.818. The molecule has 0 aliphatic carbocycles. The van der Waals surface area contributed by atoms with Gasteiger partial charge in [-0.1, -0.05) is 13.3 Å². The molecule has 0 aliphatic heterocycles. The highest BCUT2D eigenvalue weighted by Crippen LogP contribution is 2.08. The van der Waals surface area contributed by atoms with Gasteiger partial charge in [-0.3, -0.25) is 9.59 Å². The maximum atomic E-state index is 11.8. The molecule has 0 rings (SSSR count). The summed E-state index contributed by atoms with van der Waals surface area (Å²) in [4.78, 5) is 23.2. The Labute approximate surface area is 97.2 Å². The number of amides is 2. The van der Waals surface area contributed by atoms with E-state index in [1.54, 1.807) is 13.8 Å². The second-order valence-corrected chi connectivity index (χ2v) is 4.26. The molecule has 0 bridgehead atoms. The van der Waals surface area contributed by atoms with E-state index in [2.05, 4.69) is 10.6 Å². The average Bonchev–Trinajstić information content (AvgIpc) is 2.17. The van der Waals surface area contributed by atoms with Gasteiger partial charge in [0.1, 0.15) is 6.04 Å². The SMILES string of the molecule is CCCC(C)(N)C(=O)NC(C)C(=O)NCC. The van der Waals surface area contributed by atoms with E-state index in [-0.39, 0.29) is 11.8 Å². The van der Waals surface area contributed by atoms with Crippen LogP contribution in [0.15, 0.2) is 0 Å². The minimum atomic E-state index is -0.907. The molecule has 5 nitrogen and oxygen atoms in total. The van der Waals surface area contributed by atoms with Crippen LogP contribution in [0, 0.1) is 0 Å². The molecule has 0 saturated carbocycles. The maximum Gasteiger partial charge on any atom is 0.242 e. The first-order valence-electron chi connectivity index (χ1n) is 5.72. The molecule has 0 fully saturated rings. The molecule has 0 aliphatic rings. The number of likely N-dealkylation sites (N-methyl/N-ethyl adjacent to an activating group) is 1. The number of rotatable bonds is 6. The van der Waals surface area contributed by atoms with Crippen molar-refractivity contribution in [1.82, 2.24) is 10.6 Å². The van der Waals surface area contributed by atoms with Crippen LogP contribution in [-0.4, -0.2) is 29.9 Å². The van der Waals surface area contributed by atoms with Crippen LogP contribution >= 0.6 is 0 Å². The van der Waals surface area contributed by atoms with Crippen molar-refractivity contribution in [3.63, 3.8) is 0 Å². The van der Waals surface area contributed by atoms with Gasteiger partial charge in [-0.15, -0.1) is 0 Å². The van der Waals surface area contributed by atoms with Crippen molar-refractivity contribution in [1.29, 1.82) is 0 Å². The molecule has 2 unspecified atom stereocenters. The van der Waals surface area contributed by atoms with E-state index in [0.29, 0.717) is 13.0 Å². The summed E-state index contributed by atoms with van der Waals surface area (Å²) in [6, 6.07) is -0.549. The molecule has 2 atom stereocenters. The zero-order valence-corrected chi connectivity index (χ0v) is 10.6. The number of hydrogen-bond acceptors (Lipinski definition) is 3. The highest BCUT2D eigenvalue weighted by atomic mass is 16.2. The van der Waals surface area contributed by atoms with Gasteiger partial charge in [0.05, 0.1) is 5.54 Å². The van der Waals surface area contributed by atoms with E-state index in [1.165, 1.54) is 0 Å². The van der Waals surface area contributed by atoms with Crippen molar-refractivity contribution >= 4 is 11.8 Å². The summed E-state index contributed by atoms with van der Waals surface area (Å²) in [5.41, 5.74) is 4.94. The topological polar surface area (TPSA) is 84.2 Å². The summed E-state index contributed by atoms with van der Waals surface area (Å²) in [5, 5.41) is 5.25. The lowest BCUT2D eigenvalue weighted by Gasteiger charge is -2.25. The van der Waals surface area contributed by atoms with Crippen LogP contribution < -0.4 is 16.4 Å². The molecular formula is C11H23N3O2. The lowest BCUT2D eigenvalue weighted by molar-refractivity contribution is -0.131. The Morgan fingerprint density at radius 1 is 1.38 bits per heavy atom. The van der Waals surface area contributed by atoms with Gasteiger partial charge in [0.15, 0.2) is 0 Å². The van der Waals surface area contributed by atoms with E-state index in [1.807, 2.05) is 13.8 Å². The second kappa shape index (κ2) is 6.48. The van der Waals surface area contributed by atoms with Crippen molar-refractivity contribution in [2.45, 2.75) is 52.1 Å². The number of nitrogens with one attached hydrogen (secondary N) is 2. The number of hydrogen-bond donors (Lipinski definition) is 3. The largest absolute Gasteiger partial charge is 0.355 e. The van der Waals surface area contributed by atoms with Crippen LogP contribution in [0.1, 0.15) is 40.5 Å². The Balaban J connectivity index is 4.28. The van der Waals surface area contributed by atoms with Gasteiger partial charge in [-0.25, -0.2) is 0 Å². The fourth-order valence-corrected chi connectivity index (χ4v) is 1.39. The van der Waals surface area contributed by atoms with Gasteiger partial charge in [-0.05, 0) is 27.2 Å². The summed E-state index contributed by atoms with van der Waals surface area (Å²) >= 11 is 0. The van der Waals surface area contributed by atoms with Gasteiger partial charge < -0.3 is 16.4 Å². The fourth-order valence-electron chi connectivity index (χ4n) is 1.39. The van der Waals surface area contributed by atoms with E-state index in [9.17, 15) is 9.59 Å². The quantitative estimate of drug-likeness (QED) is 0.606. The molecule has 0 saturated heterocycles. The zero-order valence-electron chi connectivity index (χ0n) is 10.6. The first-order chi connectivity index (χ1) is 7.35. The molecule has 0 radical (unpaired) electrons. The number of carbonyl (C=O) groups excluding carboxylic acids is 2. The van der Waals surface area contributed by atoms with Gasteiger partial charge >= 0.3 is 0 Å². The molecule has 0 aromatic carbocycles. The van der Waals surface area contributed by atoms with Crippen molar-refractivity contribution in [2.75, 3.05) is 6.54 Å². The normalized spacial score (nSPS) is 16.1. The highest BCUT2D eigenvalue weighted by Gasteiger charge is 2.29. The predicted octanol–water partition coefficient (Wildman–Crippen LogP) is 0.145. The Morgan fingerprint density at radius 2 is 1.94 bits per heavy atom. The third-order valence-electron chi connectivity index (χ3n) is 2.38. The Bertz CT molecular complexity index is 252. The molecule has 0 aromatic rings. The third kappa shape index (κ3) is 4.61. The zero-order chi connectivity index (χ0) is 12.8. The van der Waals surface area contributed by atoms with Crippen LogP contribution in [0.5, 0.6) is 0 Å². The first-order valence-corrected chi connectivity index (χ1v) is 5.72. The summed E-state index contributed by atoms with van der Waals surface area (Å²) in [5.74, 6) is -0.476. The molecule has 16 heavy (non-hydrogen) atoms. The van der Waals surface area contributed by atoms with Crippen molar-refractivity contribution < 1.29 is 9.59 Å².